The number of non-ortho nitro benzene ring substituents is 1. The molecule has 0 aliphatic carbocycles. The lowest BCUT2D eigenvalue weighted by molar-refractivity contribution is -0.384. The van der Waals surface area contributed by atoms with E-state index in [1.165, 1.54) is 19.2 Å². The van der Waals surface area contributed by atoms with Gasteiger partial charge >= 0.3 is 5.97 Å². The van der Waals surface area contributed by atoms with Gasteiger partial charge in [-0.25, -0.2) is 4.79 Å². The number of carbonyl (C=O) groups excluding carboxylic acids is 2. The molecule has 0 aromatic heterocycles. The minimum atomic E-state index is -0.693. The Balaban J connectivity index is 2.21. The van der Waals surface area contributed by atoms with Crippen LogP contribution >= 0.6 is 0 Å². The summed E-state index contributed by atoms with van der Waals surface area (Å²) >= 11 is 0. The molecular formula is C14H17N3O5. The Labute approximate surface area is 127 Å². The third-order valence-corrected chi connectivity index (χ3v) is 3.53. The predicted molar refractivity (Wildman–Crippen MR) is 78.7 cm³/mol. The summed E-state index contributed by atoms with van der Waals surface area (Å²) in [5, 5.41) is 16.7. The fourth-order valence-corrected chi connectivity index (χ4v) is 2.35. The van der Waals surface area contributed by atoms with E-state index >= 15 is 0 Å². The van der Waals surface area contributed by atoms with Crippen LogP contribution in [0.25, 0.3) is 0 Å². The fourth-order valence-electron chi connectivity index (χ4n) is 2.35. The first-order valence-corrected chi connectivity index (χ1v) is 6.90. The molecule has 2 N–H and O–H groups in total. The first kappa shape index (κ1) is 15.9. The fraction of sp³-hybridized carbons (Fsp3) is 0.429. The number of nitro groups is 1. The smallest absolute Gasteiger partial charge is 0.338 e. The third kappa shape index (κ3) is 3.79. The van der Waals surface area contributed by atoms with Crippen LogP contribution in [0.1, 0.15) is 23.2 Å². The van der Waals surface area contributed by atoms with E-state index in [0.29, 0.717) is 12.8 Å². The van der Waals surface area contributed by atoms with Crippen LogP contribution in [0.5, 0.6) is 0 Å². The van der Waals surface area contributed by atoms with Gasteiger partial charge in [-0.15, -0.1) is 0 Å². The Morgan fingerprint density at radius 3 is 2.59 bits per heavy atom. The highest BCUT2D eigenvalue weighted by Crippen LogP contribution is 2.23. The Morgan fingerprint density at radius 1 is 1.32 bits per heavy atom. The van der Waals surface area contributed by atoms with Gasteiger partial charge in [-0.2, -0.15) is 0 Å². The van der Waals surface area contributed by atoms with Gasteiger partial charge in [0.1, 0.15) is 0 Å². The number of benzene rings is 1. The molecule has 0 bridgehead atoms. The van der Waals surface area contributed by atoms with E-state index < -0.39 is 10.9 Å². The maximum atomic E-state index is 12.2. The molecule has 118 valence electrons. The highest BCUT2D eigenvalue weighted by atomic mass is 16.6. The zero-order chi connectivity index (χ0) is 16.1. The molecular weight excluding hydrogens is 290 g/mol. The number of carbonyl (C=O) groups is 2. The van der Waals surface area contributed by atoms with Crippen molar-refractivity contribution in [1.29, 1.82) is 0 Å². The summed E-state index contributed by atoms with van der Waals surface area (Å²) in [5.74, 6) is -1.03. The van der Waals surface area contributed by atoms with Crippen molar-refractivity contribution >= 4 is 23.3 Å². The number of ether oxygens (including phenoxy) is 1. The van der Waals surface area contributed by atoms with E-state index in [4.69, 9.17) is 0 Å². The standard InChI is InChI=1S/C14H17N3O5/c1-22-14(19)10-6-11(8-12(7-10)17(20)21)16-13(18)9-2-4-15-5-3-9/h6-9,15H,2-5H2,1H3,(H,16,18). The molecule has 0 saturated carbocycles. The number of nitrogens with zero attached hydrogens (tertiary/aromatic N) is 1. The van der Waals surface area contributed by atoms with Gasteiger partial charge in [0.2, 0.25) is 5.91 Å². The molecule has 22 heavy (non-hydrogen) atoms. The third-order valence-electron chi connectivity index (χ3n) is 3.53. The number of anilines is 1. The lowest BCUT2D eigenvalue weighted by Gasteiger charge is -2.21. The maximum Gasteiger partial charge on any atom is 0.338 e. The molecule has 1 saturated heterocycles. The zero-order valence-corrected chi connectivity index (χ0v) is 12.1. The van der Waals surface area contributed by atoms with Crippen molar-refractivity contribution in [2.45, 2.75) is 12.8 Å². The number of amides is 1. The van der Waals surface area contributed by atoms with E-state index in [-0.39, 0.29) is 28.8 Å². The number of piperidine rings is 1. The minimum absolute atomic E-state index is 0.0253. The number of hydrogen-bond acceptors (Lipinski definition) is 6. The number of hydrogen-bond donors (Lipinski definition) is 2. The predicted octanol–water partition coefficient (Wildman–Crippen LogP) is 1.32. The second-order valence-corrected chi connectivity index (χ2v) is 5.03. The van der Waals surface area contributed by atoms with Crippen LogP contribution in [0.4, 0.5) is 11.4 Å². The van der Waals surface area contributed by atoms with E-state index in [9.17, 15) is 19.7 Å². The molecule has 1 heterocycles. The Hall–Kier alpha value is -2.48. The van der Waals surface area contributed by atoms with Crippen LogP contribution < -0.4 is 10.6 Å². The molecule has 0 spiro atoms. The average Bonchev–Trinajstić information content (AvgIpc) is 2.54. The van der Waals surface area contributed by atoms with E-state index in [2.05, 4.69) is 15.4 Å². The molecule has 1 amide bonds. The summed E-state index contributed by atoms with van der Waals surface area (Å²) in [6, 6.07) is 3.72. The first-order valence-electron chi connectivity index (χ1n) is 6.90. The molecule has 1 aliphatic rings. The Morgan fingerprint density at radius 2 is 2.00 bits per heavy atom. The molecule has 1 aromatic rings. The van der Waals surface area contributed by atoms with Crippen LogP contribution in [0.15, 0.2) is 18.2 Å². The maximum absolute atomic E-state index is 12.2. The normalized spacial score (nSPS) is 15.1. The van der Waals surface area contributed by atoms with Gasteiger partial charge in [0.15, 0.2) is 0 Å². The topological polar surface area (TPSA) is 111 Å². The minimum Gasteiger partial charge on any atom is -0.465 e. The molecule has 0 radical (unpaired) electrons. The van der Waals surface area contributed by atoms with Crippen LogP contribution in [0, 0.1) is 16.0 Å². The quantitative estimate of drug-likeness (QED) is 0.493. The lowest BCUT2D eigenvalue weighted by Crippen LogP contribution is -2.34. The number of nitrogens with one attached hydrogen (secondary N) is 2. The number of nitro benzene ring substituents is 1. The first-order chi connectivity index (χ1) is 10.5. The monoisotopic (exact) mass is 307 g/mol. The molecule has 1 fully saturated rings. The van der Waals surface area contributed by atoms with Gasteiger partial charge < -0.3 is 15.4 Å². The largest absolute Gasteiger partial charge is 0.465 e. The van der Waals surface area contributed by atoms with Crippen LogP contribution in [-0.2, 0) is 9.53 Å². The van der Waals surface area contributed by atoms with E-state index in [1.807, 2.05) is 0 Å². The van der Waals surface area contributed by atoms with Crippen molar-refractivity contribution in [2.75, 3.05) is 25.5 Å². The summed E-state index contributed by atoms with van der Waals surface area (Å²) in [4.78, 5) is 34.1. The number of methoxy groups -OCH3 is 1. The van der Waals surface area contributed by atoms with Gasteiger partial charge in [0, 0.05) is 23.7 Å². The average molecular weight is 307 g/mol. The summed E-state index contributed by atoms with van der Waals surface area (Å²) in [7, 11) is 1.19. The molecule has 1 aliphatic heterocycles. The van der Waals surface area contributed by atoms with Crippen molar-refractivity contribution in [3.8, 4) is 0 Å². The van der Waals surface area contributed by atoms with Crippen LogP contribution in [0.3, 0.4) is 0 Å². The van der Waals surface area contributed by atoms with Gasteiger partial charge in [0.25, 0.3) is 5.69 Å². The van der Waals surface area contributed by atoms with E-state index in [1.54, 1.807) is 0 Å². The van der Waals surface area contributed by atoms with Gasteiger partial charge in [0.05, 0.1) is 17.6 Å². The second kappa shape index (κ2) is 6.99. The summed E-state index contributed by atoms with van der Waals surface area (Å²) in [6.45, 7) is 1.53. The number of esters is 1. The molecule has 0 unspecified atom stereocenters. The van der Waals surface area contributed by atoms with Gasteiger partial charge in [-0.05, 0) is 32.0 Å². The number of rotatable bonds is 4. The lowest BCUT2D eigenvalue weighted by atomic mass is 9.97. The van der Waals surface area contributed by atoms with Crippen molar-refractivity contribution < 1.29 is 19.2 Å². The van der Waals surface area contributed by atoms with Crippen molar-refractivity contribution in [1.82, 2.24) is 5.32 Å². The summed E-state index contributed by atoms with van der Waals surface area (Å²) in [6.07, 6.45) is 1.43. The molecule has 8 nitrogen and oxygen atoms in total. The second-order valence-electron chi connectivity index (χ2n) is 5.03. The van der Waals surface area contributed by atoms with Crippen molar-refractivity contribution in [2.24, 2.45) is 5.92 Å². The van der Waals surface area contributed by atoms with Gasteiger partial charge in [-0.3, -0.25) is 14.9 Å². The SMILES string of the molecule is COC(=O)c1cc(NC(=O)C2CCNCC2)cc([N+](=O)[O-])c1. The summed E-state index contributed by atoms with van der Waals surface area (Å²) in [5.41, 5.74) is -0.0287. The molecule has 2 rings (SSSR count). The summed E-state index contributed by atoms with van der Waals surface area (Å²) < 4.78 is 4.56. The molecule has 8 heteroatoms. The highest BCUT2D eigenvalue weighted by Gasteiger charge is 2.22. The molecule has 0 atom stereocenters. The zero-order valence-electron chi connectivity index (χ0n) is 12.1. The highest BCUT2D eigenvalue weighted by molar-refractivity contribution is 5.96. The van der Waals surface area contributed by atoms with E-state index in [0.717, 1.165) is 19.2 Å². The van der Waals surface area contributed by atoms with Crippen LogP contribution in [0.2, 0.25) is 0 Å². The van der Waals surface area contributed by atoms with Crippen LogP contribution in [-0.4, -0.2) is 37.0 Å². The Bertz CT molecular complexity index is 596. The molecule has 1 aromatic carbocycles. The van der Waals surface area contributed by atoms with Gasteiger partial charge in [-0.1, -0.05) is 0 Å². The van der Waals surface area contributed by atoms with Crippen molar-refractivity contribution in [3.05, 3.63) is 33.9 Å². The van der Waals surface area contributed by atoms with Crippen molar-refractivity contribution in [3.63, 3.8) is 0 Å². The Kier molecular flexibility index (Phi) is 5.05.